The fraction of sp³-hybridized carbons (Fsp3) is 0.529. The van der Waals surface area contributed by atoms with Crippen LogP contribution in [0, 0.1) is 11.3 Å². The smallest absolute Gasteiger partial charge is 0.316 e. The van der Waals surface area contributed by atoms with Gasteiger partial charge in [0, 0.05) is 11.9 Å². The lowest BCUT2D eigenvalue weighted by Gasteiger charge is -2.36. The normalized spacial score (nSPS) is 28.9. The number of carbonyl (C=O) groups excluding carboxylic acids is 4. The minimum absolute atomic E-state index is 0.241. The number of hydrogen-bond donors (Lipinski definition) is 3. The molecule has 2 aromatic rings. The number of benzene rings is 1. The van der Waals surface area contributed by atoms with E-state index in [9.17, 15) is 19.2 Å². The quantitative estimate of drug-likeness (QED) is 0.336. The molecule has 46 heavy (non-hydrogen) atoms. The third kappa shape index (κ3) is 7.22. The first-order valence-electron chi connectivity index (χ1n) is 16.1. The summed E-state index contributed by atoms with van der Waals surface area (Å²) in [5.41, 5.74) is 5.19. The number of amides is 3. The largest absolute Gasteiger partial charge is 0.451 e. The molecule has 1 aromatic heterocycles. The first-order valence-corrected chi connectivity index (χ1v) is 16.1. The Bertz CT molecular complexity index is 1540. The molecule has 4 atom stereocenters. The zero-order valence-corrected chi connectivity index (χ0v) is 27.2. The second kappa shape index (κ2) is 14.0. The fourth-order valence-corrected chi connectivity index (χ4v) is 6.23. The number of ether oxygens (including phenoxy) is 1. The Labute approximate surface area is 269 Å². The topological polar surface area (TPSA) is 151 Å². The number of carbonyl (C=O) groups is 4. The van der Waals surface area contributed by atoms with E-state index in [4.69, 9.17) is 14.6 Å². The highest BCUT2D eigenvalue weighted by molar-refractivity contribution is 5.93. The van der Waals surface area contributed by atoms with E-state index in [0.717, 1.165) is 22.2 Å². The van der Waals surface area contributed by atoms with Gasteiger partial charge in [-0.3, -0.25) is 29.2 Å². The summed E-state index contributed by atoms with van der Waals surface area (Å²) in [6.45, 7) is 7.44. The fourth-order valence-electron chi connectivity index (χ4n) is 6.23. The molecular formula is C34H44N6O6. The van der Waals surface area contributed by atoms with Crippen molar-refractivity contribution in [1.82, 2.24) is 26.1 Å². The highest BCUT2D eigenvalue weighted by Crippen LogP contribution is 2.39. The van der Waals surface area contributed by atoms with E-state index in [2.05, 4.69) is 21.2 Å². The van der Waals surface area contributed by atoms with Crippen LogP contribution in [-0.4, -0.2) is 71.2 Å². The van der Waals surface area contributed by atoms with Crippen molar-refractivity contribution in [2.75, 3.05) is 13.7 Å². The van der Waals surface area contributed by atoms with Crippen LogP contribution in [0.5, 0.6) is 0 Å². The lowest BCUT2D eigenvalue weighted by atomic mass is 9.73. The molecule has 1 aliphatic carbocycles. The molecule has 2 fully saturated rings. The predicted molar refractivity (Wildman–Crippen MR) is 173 cm³/mol. The molecule has 0 unspecified atom stereocenters. The Kier molecular flexibility index (Phi) is 10.0. The summed E-state index contributed by atoms with van der Waals surface area (Å²) < 4.78 is 6.00. The van der Waals surface area contributed by atoms with Crippen LogP contribution in [-0.2, 0) is 28.8 Å². The van der Waals surface area contributed by atoms with Crippen LogP contribution in [0.4, 0.5) is 0 Å². The molecule has 1 aromatic carbocycles. The summed E-state index contributed by atoms with van der Waals surface area (Å²) in [6.07, 6.45) is 5.75. The van der Waals surface area contributed by atoms with Crippen molar-refractivity contribution in [2.45, 2.75) is 90.4 Å². The summed E-state index contributed by atoms with van der Waals surface area (Å²) in [6, 6.07) is 7.81. The highest BCUT2D eigenvalue weighted by atomic mass is 16.6. The molecule has 2 aliphatic heterocycles. The molecule has 1 saturated heterocycles. The highest BCUT2D eigenvalue weighted by Gasteiger charge is 2.43. The van der Waals surface area contributed by atoms with Gasteiger partial charge in [-0.15, -0.1) is 0 Å². The first-order chi connectivity index (χ1) is 22.0. The number of hydrazine groups is 1. The van der Waals surface area contributed by atoms with Gasteiger partial charge in [-0.25, -0.2) is 5.43 Å². The van der Waals surface area contributed by atoms with Gasteiger partial charge in [0.2, 0.25) is 5.91 Å². The number of nitrogens with zero attached hydrogens (tertiary/aromatic N) is 3. The van der Waals surface area contributed by atoms with Gasteiger partial charge in [-0.05, 0) is 76.0 Å². The van der Waals surface area contributed by atoms with Crippen LogP contribution in [0.2, 0.25) is 0 Å². The van der Waals surface area contributed by atoms with Crippen molar-refractivity contribution in [3.8, 4) is 0 Å². The van der Waals surface area contributed by atoms with E-state index in [0.29, 0.717) is 50.8 Å². The minimum Gasteiger partial charge on any atom is -0.451 e. The van der Waals surface area contributed by atoms with Crippen LogP contribution in [0.15, 0.2) is 41.6 Å². The zero-order valence-electron chi connectivity index (χ0n) is 27.2. The first kappa shape index (κ1) is 33.1. The number of hydrogen-bond acceptors (Lipinski definition) is 9. The molecule has 12 nitrogen and oxygen atoms in total. The molecule has 12 heteroatoms. The molecule has 1 saturated carbocycles. The number of cyclic esters (lactones) is 1. The van der Waals surface area contributed by atoms with Gasteiger partial charge in [0.25, 0.3) is 11.8 Å². The van der Waals surface area contributed by atoms with Crippen LogP contribution in [0.3, 0.4) is 0 Å². The van der Waals surface area contributed by atoms with Crippen molar-refractivity contribution in [3.63, 3.8) is 0 Å². The Morgan fingerprint density at radius 1 is 1.02 bits per heavy atom. The molecule has 3 N–H and O–H groups in total. The van der Waals surface area contributed by atoms with Crippen LogP contribution >= 0.6 is 0 Å². The number of oxime groups is 1. The minimum atomic E-state index is -1.12. The Balaban J connectivity index is 1.53. The van der Waals surface area contributed by atoms with Crippen molar-refractivity contribution in [2.24, 2.45) is 16.5 Å². The van der Waals surface area contributed by atoms with Crippen molar-refractivity contribution in [1.29, 1.82) is 0 Å². The number of rotatable bonds is 2. The standard InChI is InChI=1S/C34H44N6O6/c1-20(2)29-31(42)36-22(4)32(43)40-18-6-7-27(38-40)30(41)35-21(3)26-11-10-24-9-8-23(19-28(24)37-26)12-15-34(33(44)46-29)16-13-25(14-17-34)39-45-5/h8-12,15,19-22,27,29,38H,6-7,13-14,16-18H2,1-5H3,(H,35,41)(H,36,42)/b15-12+,39-25?/t21-,22+,27+,29+,34?/m1/s1. The van der Waals surface area contributed by atoms with Crippen molar-refractivity contribution < 1.29 is 28.8 Å². The van der Waals surface area contributed by atoms with E-state index < -0.39 is 35.5 Å². The summed E-state index contributed by atoms with van der Waals surface area (Å²) >= 11 is 0. The Morgan fingerprint density at radius 3 is 2.46 bits per heavy atom. The van der Waals surface area contributed by atoms with Gasteiger partial charge in [0.15, 0.2) is 6.10 Å². The molecule has 246 valence electrons. The average molecular weight is 633 g/mol. The van der Waals surface area contributed by atoms with Crippen LogP contribution in [0.25, 0.3) is 17.0 Å². The average Bonchev–Trinajstić information content (AvgIpc) is 3.05. The van der Waals surface area contributed by atoms with Gasteiger partial charge in [0.1, 0.15) is 19.2 Å². The van der Waals surface area contributed by atoms with Gasteiger partial charge in [-0.1, -0.05) is 49.4 Å². The van der Waals surface area contributed by atoms with E-state index in [-0.39, 0.29) is 23.8 Å². The van der Waals surface area contributed by atoms with E-state index in [1.54, 1.807) is 20.8 Å². The molecule has 3 aliphatic rings. The van der Waals surface area contributed by atoms with Crippen molar-refractivity contribution in [3.05, 3.63) is 47.7 Å². The Morgan fingerprint density at radius 2 is 1.74 bits per heavy atom. The number of fused-ring (bicyclic) bond motifs is 4. The maximum Gasteiger partial charge on any atom is 0.316 e. The molecule has 3 heterocycles. The maximum atomic E-state index is 14.0. The van der Waals surface area contributed by atoms with Crippen LogP contribution < -0.4 is 16.1 Å². The molecular weight excluding hydrogens is 588 g/mol. The second-order valence-corrected chi connectivity index (χ2v) is 12.9. The van der Waals surface area contributed by atoms with E-state index in [1.165, 1.54) is 12.1 Å². The zero-order chi connectivity index (χ0) is 33.0. The lowest BCUT2D eigenvalue weighted by molar-refractivity contribution is -0.167. The number of nitrogens with one attached hydrogen (secondary N) is 3. The third-order valence-corrected chi connectivity index (χ3v) is 9.08. The Hall–Kier alpha value is -4.32. The SMILES string of the molecule is CON=C1CCC2(/C=C/c3ccc4ccc(nc4c3)[C@@H](C)NC(=O)[C@@H]3CCCN(N3)C(=O)[C@H](C)NC(=O)[C@H](C(C)C)OC2=O)CC1. The summed E-state index contributed by atoms with van der Waals surface area (Å²) in [4.78, 5) is 64.1. The molecule has 1 spiro atoms. The second-order valence-electron chi connectivity index (χ2n) is 12.9. The summed E-state index contributed by atoms with van der Waals surface area (Å²) in [5.74, 6) is -2.04. The molecule has 0 radical (unpaired) electrons. The summed E-state index contributed by atoms with van der Waals surface area (Å²) in [5, 5.41) is 12.2. The maximum absolute atomic E-state index is 14.0. The number of aromatic nitrogens is 1. The molecule has 3 amide bonds. The van der Waals surface area contributed by atoms with Gasteiger partial charge >= 0.3 is 5.97 Å². The van der Waals surface area contributed by atoms with E-state index >= 15 is 0 Å². The number of esters is 1. The van der Waals surface area contributed by atoms with E-state index in [1.807, 2.05) is 49.4 Å². The lowest BCUT2D eigenvalue weighted by Crippen LogP contribution is -2.61. The predicted octanol–water partition coefficient (Wildman–Crippen LogP) is 3.57. The third-order valence-electron chi connectivity index (χ3n) is 9.08. The molecule has 5 bridgehead atoms. The summed E-state index contributed by atoms with van der Waals surface area (Å²) in [7, 11) is 1.50. The molecule has 5 rings (SSSR count). The van der Waals surface area contributed by atoms with Gasteiger partial charge < -0.3 is 20.2 Å². The number of pyridine rings is 1. The van der Waals surface area contributed by atoms with Crippen LogP contribution in [0.1, 0.15) is 83.5 Å². The van der Waals surface area contributed by atoms with Crippen molar-refractivity contribution >= 4 is 46.4 Å². The van der Waals surface area contributed by atoms with Gasteiger partial charge in [0.05, 0.1) is 28.4 Å². The monoisotopic (exact) mass is 632 g/mol. The van der Waals surface area contributed by atoms with Gasteiger partial charge in [-0.2, -0.15) is 0 Å².